The molecule has 0 spiro atoms. The summed E-state index contributed by atoms with van der Waals surface area (Å²) in [7, 11) is 1.86. The zero-order valence-corrected chi connectivity index (χ0v) is 7.21. The first-order chi connectivity index (χ1) is 5.70. The lowest BCUT2D eigenvalue weighted by Crippen LogP contribution is -2.33. The van der Waals surface area contributed by atoms with Gasteiger partial charge in [-0.1, -0.05) is 0 Å². The molecular weight excluding hydrogens is 156 g/mol. The number of hydrogen-bond donors (Lipinski definition) is 2. The number of hydrogen-bond acceptors (Lipinski definition) is 4. The number of nitrogens with one attached hydrogen (secondary N) is 1. The molecule has 12 heavy (non-hydrogen) atoms. The molecule has 0 unspecified atom stereocenters. The fraction of sp³-hybridized carbons (Fsp3) is 0.714. The molecule has 0 aromatic heterocycles. The molecule has 0 aliphatic carbocycles. The molecule has 0 rings (SSSR count). The van der Waals surface area contributed by atoms with E-state index in [0.29, 0.717) is 25.9 Å². The zero-order chi connectivity index (χ0) is 9.40. The summed E-state index contributed by atoms with van der Waals surface area (Å²) in [6.07, 6.45) is 0.860. The maximum Gasteiger partial charge on any atom is 0.235 e. The van der Waals surface area contributed by atoms with Crippen LogP contribution in [0.15, 0.2) is 0 Å². The summed E-state index contributed by atoms with van der Waals surface area (Å²) in [6.45, 7) is 1.32. The van der Waals surface area contributed by atoms with Gasteiger partial charge in [-0.25, -0.2) is 5.84 Å². The summed E-state index contributed by atoms with van der Waals surface area (Å²) in [5, 5.41) is 8.26. The topological polar surface area (TPSA) is 82.2 Å². The highest BCUT2D eigenvalue weighted by Crippen LogP contribution is 1.88. The normalized spacial score (nSPS) is 9.50. The van der Waals surface area contributed by atoms with E-state index in [0.717, 1.165) is 0 Å². The van der Waals surface area contributed by atoms with Crippen molar-refractivity contribution < 1.29 is 4.79 Å². The molecular formula is C7H14N4O. The summed E-state index contributed by atoms with van der Waals surface area (Å²) in [6, 6.07) is 2.03. The summed E-state index contributed by atoms with van der Waals surface area (Å²) < 4.78 is 0. The first kappa shape index (κ1) is 10.9. The number of nitrogens with two attached hydrogens (primary N) is 1. The van der Waals surface area contributed by atoms with Crippen molar-refractivity contribution in [3.8, 4) is 6.07 Å². The Bertz CT molecular complexity index is 175. The Kier molecular flexibility index (Phi) is 5.97. The predicted octanol–water partition coefficient (Wildman–Crippen LogP) is -0.788. The molecule has 0 aromatic carbocycles. The fourth-order valence-electron chi connectivity index (χ4n) is 0.717. The first-order valence-electron chi connectivity index (χ1n) is 3.75. The van der Waals surface area contributed by atoms with Gasteiger partial charge >= 0.3 is 0 Å². The lowest BCUT2D eigenvalue weighted by Gasteiger charge is -2.13. The van der Waals surface area contributed by atoms with Gasteiger partial charge in [-0.2, -0.15) is 5.26 Å². The number of rotatable bonds is 5. The molecule has 0 aromatic rings. The Balaban J connectivity index is 3.38. The summed E-state index contributed by atoms with van der Waals surface area (Å²) >= 11 is 0. The van der Waals surface area contributed by atoms with Gasteiger partial charge in [0.25, 0.3) is 0 Å². The van der Waals surface area contributed by atoms with Crippen molar-refractivity contribution in [2.45, 2.75) is 12.8 Å². The quantitative estimate of drug-likeness (QED) is 0.322. The zero-order valence-electron chi connectivity index (χ0n) is 7.21. The second kappa shape index (κ2) is 6.58. The van der Waals surface area contributed by atoms with Crippen molar-refractivity contribution in [3.05, 3.63) is 0 Å². The highest BCUT2D eigenvalue weighted by Gasteiger charge is 2.01. The summed E-state index contributed by atoms with van der Waals surface area (Å²) in [5.41, 5.74) is 2.05. The standard InChI is InChI=1S/C7H14N4O/c1-11(5-2-4-8)6-3-7(12)10-9/h2-3,5-6,9H2,1H3,(H,10,12). The monoisotopic (exact) mass is 170 g/mol. The molecule has 68 valence electrons. The van der Waals surface area contributed by atoms with Crippen LogP contribution in [-0.2, 0) is 4.79 Å². The smallest absolute Gasteiger partial charge is 0.235 e. The van der Waals surface area contributed by atoms with E-state index >= 15 is 0 Å². The van der Waals surface area contributed by atoms with E-state index in [1.165, 1.54) is 0 Å². The fourth-order valence-corrected chi connectivity index (χ4v) is 0.717. The maximum absolute atomic E-state index is 10.7. The highest BCUT2D eigenvalue weighted by atomic mass is 16.2. The van der Waals surface area contributed by atoms with Crippen molar-refractivity contribution in [2.24, 2.45) is 5.84 Å². The van der Waals surface area contributed by atoms with Gasteiger partial charge in [0, 0.05) is 25.9 Å². The van der Waals surface area contributed by atoms with E-state index in [-0.39, 0.29) is 5.91 Å². The highest BCUT2D eigenvalue weighted by molar-refractivity contribution is 5.75. The van der Waals surface area contributed by atoms with Crippen LogP contribution >= 0.6 is 0 Å². The Labute approximate surface area is 72.1 Å². The summed E-state index contributed by atoms with van der Waals surface area (Å²) in [4.78, 5) is 12.6. The van der Waals surface area contributed by atoms with Crippen LogP contribution < -0.4 is 11.3 Å². The minimum absolute atomic E-state index is 0.182. The number of amides is 1. The molecule has 0 radical (unpaired) electrons. The molecule has 0 aliphatic rings. The van der Waals surface area contributed by atoms with Gasteiger partial charge in [-0.3, -0.25) is 10.2 Å². The van der Waals surface area contributed by atoms with Gasteiger partial charge in [0.2, 0.25) is 5.91 Å². The van der Waals surface area contributed by atoms with Crippen LogP contribution in [-0.4, -0.2) is 30.9 Å². The molecule has 0 saturated carbocycles. The maximum atomic E-state index is 10.7. The molecule has 0 bridgehead atoms. The predicted molar refractivity (Wildman–Crippen MR) is 44.7 cm³/mol. The molecule has 5 nitrogen and oxygen atoms in total. The molecule has 3 N–H and O–H groups in total. The minimum atomic E-state index is -0.182. The van der Waals surface area contributed by atoms with Crippen LogP contribution in [0, 0.1) is 11.3 Å². The number of nitriles is 1. The Morgan fingerprint density at radius 1 is 1.67 bits per heavy atom. The van der Waals surface area contributed by atoms with Crippen molar-refractivity contribution in [3.63, 3.8) is 0 Å². The third kappa shape index (κ3) is 5.65. The van der Waals surface area contributed by atoms with Gasteiger partial charge in [0.15, 0.2) is 0 Å². The first-order valence-corrected chi connectivity index (χ1v) is 3.75. The van der Waals surface area contributed by atoms with Crippen LogP contribution in [0.25, 0.3) is 0 Å². The van der Waals surface area contributed by atoms with Crippen molar-refractivity contribution >= 4 is 5.91 Å². The second-order valence-electron chi connectivity index (χ2n) is 2.53. The van der Waals surface area contributed by atoms with E-state index < -0.39 is 0 Å². The Morgan fingerprint density at radius 3 is 2.83 bits per heavy atom. The molecule has 0 saturated heterocycles. The van der Waals surface area contributed by atoms with Crippen LogP contribution in [0.4, 0.5) is 0 Å². The van der Waals surface area contributed by atoms with Crippen LogP contribution in [0.3, 0.4) is 0 Å². The van der Waals surface area contributed by atoms with Crippen molar-refractivity contribution in [1.29, 1.82) is 5.26 Å². The molecule has 0 fully saturated rings. The minimum Gasteiger partial charge on any atom is -0.305 e. The lowest BCUT2D eigenvalue weighted by atomic mass is 10.3. The third-order valence-electron chi connectivity index (χ3n) is 1.49. The van der Waals surface area contributed by atoms with Crippen LogP contribution in [0.2, 0.25) is 0 Å². The van der Waals surface area contributed by atoms with Gasteiger partial charge < -0.3 is 4.90 Å². The second-order valence-corrected chi connectivity index (χ2v) is 2.53. The molecule has 5 heteroatoms. The third-order valence-corrected chi connectivity index (χ3v) is 1.49. The molecule has 0 atom stereocenters. The number of carbonyl (C=O) groups excluding carboxylic acids is 1. The van der Waals surface area contributed by atoms with Gasteiger partial charge in [-0.15, -0.1) is 0 Å². The van der Waals surface area contributed by atoms with E-state index in [1.807, 2.05) is 23.4 Å². The van der Waals surface area contributed by atoms with Gasteiger partial charge in [0.1, 0.15) is 0 Å². The van der Waals surface area contributed by atoms with Crippen LogP contribution in [0.1, 0.15) is 12.8 Å². The van der Waals surface area contributed by atoms with Crippen molar-refractivity contribution in [2.75, 3.05) is 20.1 Å². The summed E-state index contributed by atoms with van der Waals surface area (Å²) in [5.74, 6) is 4.71. The van der Waals surface area contributed by atoms with Gasteiger partial charge in [0.05, 0.1) is 6.07 Å². The van der Waals surface area contributed by atoms with E-state index in [2.05, 4.69) is 0 Å². The number of hydrazine groups is 1. The molecule has 0 aliphatic heterocycles. The Hall–Kier alpha value is -1.12. The number of carbonyl (C=O) groups is 1. The molecule has 1 amide bonds. The van der Waals surface area contributed by atoms with Gasteiger partial charge in [-0.05, 0) is 7.05 Å². The largest absolute Gasteiger partial charge is 0.305 e. The van der Waals surface area contributed by atoms with E-state index in [9.17, 15) is 4.79 Å². The van der Waals surface area contributed by atoms with E-state index in [1.54, 1.807) is 0 Å². The van der Waals surface area contributed by atoms with E-state index in [4.69, 9.17) is 11.1 Å². The molecule has 0 heterocycles. The number of nitrogens with zero attached hydrogens (tertiary/aromatic N) is 2. The SMILES string of the molecule is CN(CCC#N)CCC(=O)NN. The average molecular weight is 170 g/mol. The van der Waals surface area contributed by atoms with Crippen molar-refractivity contribution in [1.82, 2.24) is 10.3 Å². The lowest BCUT2D eigenvalue weighted by molar-refractivity contribution is -0.121. The van der Waals surface area contributed by atoms with Crippen LogP contribution in [0.5, 0.6) is 0 Å². The Morgan fingerprint density at radius 2 is 2.33 bits per heavy atom. The average Bonchev–Trinajstić information content (AvgIpc) is 2.10.